The van der Waals surface area contributed by atoms with Crippen molar-refractivity contribution in [3.63, 3.8) is 0 Å². The highest BCUT2D eigenvalue weighted by Gasteiger charge is 2.36. The van der Waals surface area contributed by atoms with Crippen LogP contribution in [0.1, 0.15) is 50.2 Å². The van der Waals surface area contributed by atoms with Crippen LogP contribution < -0.4 is 9.47 Å². The van der Waals surface area contributed by atoms with Crippen molar-refractivity contribution in [3.8, 4) is 22.6 Å². The molecular formula is C29H26F8O2. The van der Waals surface area contributed by atoms with Crippen LogP contribution in [0.15, 0.2) is 54.6 Å². The van der Waals surface area contributed by atoms with Crippen LogP contribution >= 0.6 is 0 Å². The number of rotatable bonds is 8. The Bertz CT molecular complexity index is 1300. The lowest BCUT2D eigenvalue weighted by Gasteiger charge is -2.26. The lowest BCUT2D eigenvalue weighted by molar-refractivity contribution is -0.275. The molecule has 1 aliphatic rings. The molecular weight excluding hydrogens is 532 g/mol. The fraction of sp³-hybridized carbons (Fsp3) is 0.379. The van der Waals surface area contributed by atoms with E-state index in [1.165, 1.54) is 18.9 Å². The van der Waals surface area contributed by atoms with Crippen LogP contribution in [0.25, 0.3) is 11.1 Å². The molecule has 3 aromatic carbocycles. The highest BCUT2D eigenvalue weighted by atomic mass is 19.4. The highest BCUT2D eigenvalue weighted by molar-refractivity contribution is 5.65. The Balaban J connectivity index is 1.44. The van der Waals surface area contributed by atoms with Crippen molar-refractivity contribution in [2.45, 2.75) is 57.9 Å². The molecule has 1 saturated carbocycles. The maximum Gasteiger partial charge on any atom is 0.573 e. The van der Waals surface area contributed by atoms with Gasteiger partial charge >= 0.3 is 12.5 Å². The number of alkyl halides is 5. The van der Waals surface area contributed by atoms with Gasteiger partial charge in [-0.1, -0.05) is 50.8 Å². The summed E-state index contributed by atoms with van der Waals surface area (Å²) in [6.07, 6.45) is -3.16. The summed E-state index contributed by atoms with van der Waals surface area (Å²) in [5, 5.41) is 0. The van der Waals surface area contributed by atoms with Gasteiger partial charge in [-0.25, -0.2) is 13.2 Å². The van der Waals surface area contributed by atoms with Gasteiger partial charge in [-0.15, -0.1) is 13.2 Å². The molecule has 210 valence electrons. The molecule has 0 amide bonds. The molecule has 4 rings (SSSR count). The second-order valence-corrected chi connectivity index (χ2v) is 9.94. The molecule has 1 aliphatic carbocycles. The van der Waals surface area contributed by atoms with Crippen LogP contribution in [-0.4, -0.2) is 6.36 Å². The number of benzene rings is 3. The molecule has 0 atom stereocenters. The summed E-state index contributed by atoms with van der Waals surface area (Å²) >= 11 is 0. The third-order valence-corrected chi connectivity index (χ3v) is 6.98. The van der Waals surface area contributed by atoms with Crippen LogP contribution in [0, 0.1) is 29.3 Å². The van der Waals surface area contributed by atoms with Gasteiger partial charge in [0.25, 0.3) is 0 Å². The van der Waals surface area contributed by atoms with Crippen molar-refractivity contribution in [2.75, 3.05) is 0 Å². The third-order valence-electron chi connectivity index (χ3n) is 6.98. The van der Waals surface area contributed by atoms with Crippen LogP contribution in [0.5, 0.6) is 11.5 Å². The van der Waals surface area contributed by atoms with Crippen LogP contribution in [0.3, 0.4) is 0 Å². The molecule has 2 nitrogen and oxygen atoms in total. The van der Waals surface area contributed by atoms with Crippen molar-refractivity contribution >= 4 is 0 Å². The van der Waals surface area contributed by atoms with Crippen molar-refractivity contribution < 1.29 is 44.6 Å². The summed E-state index contributed by atoms with van der Waals surface area (Å²) in [7, 11) is 0. The fourth-order valence-corrected chi connectivity index (χ4v) is 4.77. The van der Waals surface area contributed by atoms with E-state index in [0.717, 1.165) is 55.5 Å². The summed E-state index contributed by atoms with van der Waals surface area (Å²) in [6, 6.07) is 8.09. The third kappa shape index (κ3) is 7.42. The first-order chi connectivity index (χ1) is 18.3. The smallest absolute Gasteiger partial charge is 0.426 e. The SMILES string of the molecule is CC1CCC(CCc2ccc(OC(F)(F)c3ccc(-c4ccc(OC(F)(F)F)c(F)c4)c(F)c3)c(F)c2)CC1. The number of ether oxygens (including phenoxy) is 2. The second kappa shape index (κ2) is 11.4. The van der Waals surface area contributed by atoms with Crippen molar-refractivity contribution in [2.24, 2.45) is 11.8 Å². The monoisotopic (exact) mass is 558 g/mol. The van der Waals surface area contributed by atoms with Gasteiger partial charge in [0.15, 0.2) is 23.1 Å². The molecule has 0 N–H and O–H groups in total. The lowest BCUT2D eigenvalue weighted by Crippen LogP contribution is -2.22. The number of halogens is 8. The van der Waals surface area contributed by atoms with Crippen molar-refractivity contribution in [1.82, 2.24) is 0 Å². The molecule has 0 radical (unpaired) electrons. The van der Waals surface area contributed by atoms with Crippen molar-refractivity contribution in [3.05, 3.63) is 83.2 Å². The van der Waals surface area contributed by atoms with Gasteiger partial charge in [0.1, 0.15) is 5.82 Å². The summed E-state index contributed by atoms with van der Waals surface area (Å²) in [4.78, 5) is 0. The minimum atomic E-state index is -5.13. The van der Waals surface area contributed by atoms with E-state index in [1.807, 2.05) is 0 Å². The zero-order valence-corrected chi connectivity index (χ0v) is 20.9. The maximum atomic E-state index is 14.8. The largest absolute Gasteiger partial charge is 0.573 e. The molecule has 0 unspecified atom stereocenters. The number of hydrogen-bond acceptors (Lipinski definition) is 2. The zero-order chi connectivity index (χ0) is 28.4. The molecule has 10 heteroatoms. The van der Waals surface area contributed by atoms with E-state index in [0.29, 0.717) is 36.1 Å². The van der Waals surface area contributed by atoms with Crippen LogP contribution in [0.4, 0.5) is 35.1 Å². The van der Waals surface area contributed by atoms with E-state index in [4.69, 9.17) is 0 Å². The van der Waals surface area contributed by atoms with E-state index in [-0.39, 0.29) is 11.1 Å². The van der Waals surface area contributed by atoms with E-state index >= 15 is 0 Å². The molecule has 0 saturated heterocycles. The standard InChI is InChI=1S/C29H26F8O2/c1-17-2-4-18(5-3-17)6-7-19-8-12-26(24(31)14-19)38-28(33,34)21-10-11-22(23(30)16-21)20-9-13-27(25(32)15-20)39-29(35,36)37/h8-18H,2-7H2,1H3. The summed E-state index contributed by atoms with van der Waals surface area (Å²) < 4.78 is 118. The minimum Gasteiger partial charge on any atom is -0.426 e. The summed E-state index contributed by atoms with van der Waals surface area (Å²) in [5.41, 5.74) is -0.832. The number of aryl methyl sites for hydroxylation is 1. The van der Waals surface area contributed by atoms with E-state index in [2.05, 4.69) is 16.4 Å². The van der Waals surface area contributed by atoms with Gasteiger partial charge in [-0.05, 0) is 72.2 Å². The maximum absolute atomic E-state index is 14.8. The summed E-state index contributed by atoms with van der Waals surface area (Å²) in [6.45, 7) is 2.23. The van der Waals surface area contributed by atoms with Gasteiger partial charge < -0.3 is 9.47 Å². The van der Waals surface area contributed by atoms with Gasteiger partial charge in [-0.3, -0.25) is 0 Å². The lowest BCUT2D eigenvalue weighted by atomic mass is 9.80. The second-order valence-electron chi connectivity index (χ2n) is 9.94. The fourth-order valence-electron chi connectivity index (χ4n) is 4.77. The first-order valence-corrected chi connectivity index (χ1v) is 12.5. The molecule has 0 spiro atoms. The Morgan fingerprint density at radius 3 is 1.97 bits per heavy atom. The van der Waals surface area contributed by atoms with Gasteiger partial charge in [0, 0.05) is 5.56 Å². The Morgan fingerprint density at radius 2 is 1.36 bits per heavy atom. The first kappa shape index (κ1) is 28.7. The first-order valence-electron chi connectivity index (χ1n) is 12.5. The Hall–Kier alpha value is -3.30. The quantitative estimate of drug-likeness (QED) is 0.256. The minimum absolute atomic E-state index is 0.209. The predicted octanol–water partition coefficient (Wildman–Crippen LogP) is 9.56. The molecule has 0 aliphatic heterocycles. The van der Waals surface area contributed by atoms with E-state index < -0.39 is 47.0 Å². The van der Waals surface area contributed by atoms with E-state index in [9.17, 15) is 35.1 Å². The normalized spacial score (nSPS) is 18.2. The molecule has 1 fully saturated rings. The molecule has 0 heterocycles. The van der Waals surface area contributed by atoms with Gasteiger partial charge in [0.2, 0.25) is 0 Å². The van der Waals surface area contributed by atoms with Crippen molar-refractivity contribution in [1.29, 1.82) is 0 Å². The molecule has 3 aromatic rings. The average molecular weight is 559 g/mol. The van der Waals surface area contributed by atoms with Gasteiger partial charge in [-0.2, -0.15) is 8.78 Å². The Labute approximate surface area is 220 Å². The topological polar surface area (TPSA) is 18.5 Å². The Morgan fingerprint density at radius 1 is 0.718 bits per heavy atom. The number of hydrogen-bond donors (Lipinski definition) is 0. The van der Waals surface area contributed by atoms with E-state index in [1.54, 1.807) is 0 Å². The highest BCUT2D eigenvalue weighted by Crippen LogP contribution is 2.37. The Kier molecular flexibility index (Phi) is 8.42. The summed E-state index contributed by atoms with van der Waals surface area (Å²) in [5.74, 6) is -4.16. The average Bonchev–Trinajstić information content (AvgIpc) is 2.85. The predicted molar refractivity (Wildman–Crippen MR) is 129 cm³/mol. The van der Waals surface area contributed by atoms with Crippen LogP contribution in [-0.2, 0) is 12.5 Å². The zero-order valence-electron chi connectivity index (χ0n) is 20.9. The van der Waals surface area contributed by atoms with Gasteiger partial charge in [0.05, 0.1) is 5.56 Å². The van der Waals surface area contributed by atoms with Crippen LogP contribution in [0.2, 0.25) is 0 Å². The molecule has 0 bridgehead atoms. The molecule has 0 aromatic heterocycles. The molecule has 39 heavy (non-hydrogen) atoms.